The van der Waals surface area contributed by atoms with Crippen LogP contribution in [0.2, 0.25) is 10.0 Å². The van der Waals surface area contributed by atoms with Crippen molar-refractivity contribution in [3.8, 4) is 29.1 Å². The molecule has 83 heavy (non-hydrogen) atoms. The first-order valence-corrected chi connectivity index (χ1v) is 29.3. The number of alkyl halides is 6. The Bertz CT molecular complexity index is 3910. The number of benzene rings is 6. The molecule has 0 aliphatic carbocycles. The number of halogens is 9. The van der Waals surface area contributed by atoms with Crippen molar-refractivity contribution in [2.45, 2.75) is 35.2 Å². The fraction of sp³-hybridized carbons (Fsp3) is 0.196. The Balaban J connectivity index is 0.000000233. The van der Waals surface area contributed by atoms with Crippen LogP contribution >= 0.6 is 72.1 Å². The number of rotatable bonds is 14. The van der Waals surface area contributed by atoms with Crippen molar-refractivity contribution < 1.29 is 67.6 Å². The van der Waals surface area contributed by atoms with Gasteiger partial charge in [-0.1, -0.05) is 47.5 Å². The van der Waals surface area contributed by atoms with Gasteiger partial charge in [0.25, 0.3) is 20.0 Å². The highest BCUT2D eigenvalue weighted by Crippen LogP contribution is 2.45. The number of methoxy groups -OCH3 is 2. The highest BCUT2D eigenvalue weighted by Gasteiger charge is 2.36. The van der Waals surface area contributed by atoms with Gasteiger partial charge in [-0.15, -0.1) is 0 Å². The van der Waals surface area contributed by atoms with Crippen molar-refractivity contribution in [3.63, 3.8) is 0 Å². The maximum Gasteiger partial charge on any atom is 0.416 e. The summed E-state index contributed by atoms with van der Waals surface area (Å²) in [5.74, 6) is 1.49. The Morgan fingerprint density at radius 3 is 1.37 bits per heavy atom. The molecular formula is C51H43BrCl2F6N9O9PS4. The van der Waals surface area contributed by atoms with Gasteiger partial charge in [-0.25, -0.2) is 25.4 Å². The van der Waals surface area contributed by atoms with Crippen molar-refractivity contribution >= 4 is 125 Å². The largest absolute Gasteiger partial charge is 0.497 e. The number of fused-ring (bicyclic) bond motifs is 2. The number of hydrogen-bond acceptors (Lipinski definition) is 17. The van der Waals surface area contributed by atoms with Gasteiger partial charge in [0.2, 0.25) is 20.8 Å². The molecule has 8 aromatic rings. The lowest BCUT2D eigenvalue weighted by Gasteiger charge is -2.32. The molecule has 6 aromatic carbocycles. The topological polar surface area (TPSA) is 225 Å². The van der Waals surface area contributed by atoms with E-state index in [1.165, 1.54) is 62.8 Å². The summed E-state index contributed by atoms with van der Waals surface area (Å²) in [6, 6.07) is 30.2. The SMILES string of the molecule is COc1ccc(CN(c2nc(Br)ns2)S(=O)(=O)c2ccc3c(c2)OCCN3c2ccc(C(F)(F)F)cc2Cl)cc1.COc1ccc(CN(c2nc(C#N)ns2)S(=O)(=O)c2ccc3c(c2)OCCN3c2ccc(C(F)(F)F)cc2Cl)cc1.O.P. The molecule has 2 N–H and O–H groups in total. The van der Waals surface area contributed by atoms with Gasteiger partial charge < -0.3 is 34.2 Å². The summed E-state index contributed by atoms with van der Waals surface area (Å²) in [6.45, 7) is 0.719. The van der Waals surface area contributed by atoms with E-state index < -0.39 is 43.5 Å². The number of aromatic nitrogens is 4. The summed E-state index contributed by atoms with van der Waals surface area (Å²) in [5, 5.41) is 9.13. The predicted octanol–water partition coefficient (Wildman–Crippen LogP) is 12.2. The molecule has 0 amide bonds. The van der Waals surface area contributed by atoms with Gasteiger partial charge in [-0.3, -0.25) is 0 Å². The first kappa shape index (κ1) is 63.8. The summed E-state index contributed by atoms with van der Waals surface area (Å²) >= 11 is 17.3. The van der Waals surface area contributed by atoms with Crippen LogP contribution < -0.4 is 37.4 Å². The van der Waals surface area contributed by atoms with Gasteiger partial charge in [0.15, 0.2) is 0 Å². The average molecular weight is 1350 g/mol. The lowest BCUT2D eigenvalue weighted by Crippen LogP contribution is -2.32. The van der Waals surface area contributed by atoms with Crippen LogP contribution in [0, 0.1) is 11.3 Å². The standard InChI is InChI=1S/C26H19ClF3N5O4S2.C25H19BrClF3N4O4S2.H2O.H3P/c1-38-18-5-2-16(3-6-18)15-35(25-32-24(14-31)33-40-25)41(36,37)19-7-9-22-23(13-19)39-11-10-34(22)21-8-4-17(12-20(21)27)26(28,29)30;1-37-17-5-2-15(3-6-17)14-34(24-31-23(26)32-39-24)40(35,36)18-7-9-21-22(13-18)38-11-10-33(21)20-8-4-16(12-19(20)27)25(28,29)30;;/h2-9,12-13H,10-11,15H2,1H3;2-9,12-13H,10-11,14H2,1H3;1H2;1H3. The number of hydrogen-bond donors (Lipinski definition) is 0. The molecule has 0 spiro atoms. The molecular weight excluding hydrogens is 1310 g/mol. The van der Waals surface area contributed by atoms with Crippen molar-refractivity contribution in [2.24, 2.45) is 0 Å². The van der Waals surface area contributed by atoms with Gasteiger partial charge >= 0.3 is 12.4 Å². The molecule has 2 aliphatic rings. The van der Waals surface area contributed by atoms with E-state index in [-0.39, 0.29) is 100 Å². The lowest BCUT2D eigenvalue weighted by atomic mass is 10.1. The summed E-state index contributed by atoms with van der Waals surface area (Å²) in [4.78, 5) is 11.4. The first-order valence-electron chi connectivity index (χ1n) is 23.3. The molecule has 438 valence electrons. The van der Waals surface area contributed by atoms with Crippen LogP contribution in [-0.4, -0.2) is 81.5 Å². The zero-order valence-electron chi connectivity index (χ0n) is 42.8. The highest BCUT2D eigenvalue weighted by atomic mass is 79.9. The van der Waals surface area contributed by atoms with E-state index in [1.807, 2.05) is 0 Å². The third kappa shape index (κ3) is 14.1. The van der Waals surface area contributed by atoms with Crippen LogP contribution in [0.25, 0.3) is 0 Å². The Morgan fingerprint density at radius 2 is 1.02 bits per heavy atom. The van der Waals surface area contributed by atoms with Gasteiger partial charge in [0.05, 0.1) is 94.1 Å². The molecule has 32 heteroatoms. The van der Waals surface area contributed by atoms with Crippen LogP contribution in [-0.2, 0) is 45.5 Å². The van der Waals surface area contributed by atoms with E-state index in [1.54, 1.807) is 64.4 Å². The molecule has 0 fully saturated rings. The van der Waals surface area contributed by atoms with Gasteiger partial charge in [0.1, 0.15) is 42.3 Å². The first-order chi connectivity index (χ1) is 38.5. The van der Waals surface area contributed by atoms with Crippen LogP contribution in [0.5, 0.6) is 23.0 Å². The summed E-state index contributed by atoms with van der Waals surface area (Å²) < 4.78 is 167. The number of ether oxygens (including phenoxy) is 4. The molecule has 2 aliphatic heterocycles. The highest BCUT2D eigenvalue weighted by molar-refractivity contribution is 9.10. The van der Waals surface area contributed by atoms with Gasteiger partial charge in [0, 0.05) is 35.2 Å². The van der Waals surface area contributed by atoms with Crippen LogP contribution in [0.4, 0.5) is 59.4 Å². The third-order valence-electron chi connectivity index (χ3n) is 12.2. The number of anilines is 6. The third-order valence-corrected chi connectivity index (χ3v) is 18.6. The average Bonchev–Trinajstić information content (AvgIpc) is 4.28. The minimum atomic E-state index is -4.55. The maximum atomic E-state index is 13.9. The Kier molecular flexibility index (Phi) is 20.0. The second-order valence-electron chi connectivity index (χ2n) is 17.2. The molecule has 1 atom stereocenters. The van der Waals surface area contributed by atoms with Crippen LogP contribution in [0.1, 0.15) is 28.1 Å². The number of sulfonamides is 2. The van der Waals surface area contributed by atoms with Crippen molar-refractivity contribution in [1.29, 1.82) is 5.26 Å². The van der Waals surface area contributed by atoms with E-state index in [0.717, 1.165) is 55.9 Å². The molecule has 4 heterocycles. The second-order valence-corrected chi connectivity index (χ2v) is 23.9. The monoisotopic (exact) mass is 1350 g/mol. The Labute approximate surface area is 500 Å². The molecule has 18 nitrogen and oxygen atoms in total. The predicted molar refractivity (Wildman–Crippen MR) is 310 cm³/mol. The minimum Gasteiger partial charge on any atom is -0.497 e. The minimum absolute atomic E-state index is 0. The molecule has 10 rings (SSSR count). The smallest absolute Gasteiger partial charge is 0.416 e. The van der Waals surface area contributed by atoms with E-state index in [4.69, 9.17) is 42.1 Å². The summed E-state index contributed by atoms with van der Waals surface area (Å²) in [5.41, 5.74) is 1.13. The Morgan fingerprint density at radius 1 is 0.627 bits per heavy atom. The Hall–Kier alpha value is -6.74. The molecule has 0 bridgehead atoms. The zero-order valence-corrected chi connectivity index (χ0v) is 50.6. The zero-order chi connectivity index (χ0) is 58.0. The fourth-order valence-corrected chi connectivity index (χ4v) is 13.7. The molecule has 0 saturated heterocycles. The van der Waals surface area contributed by atoms with Crippen LogP contribution in [0.3, 0.4) is 0 Å². The van der Waals surface area contributed by atoms with Crippen molar-refractivity contribution in [3.05, 3.63) is 164 Å². The molecule has 1 unspecified atom stereocenters. The normalized spacial score (nSPS) is 13.0. The van der Waals surface area contributed by atoms with Crippen molar-refractivity contribution in [1.82, 2.24) is 18.7 Å². The maximum absolute atomic E-state index is 13.9. The molecule has 0 radical (unpaired) electrons. The summed E-state index contributed by atoms with van der Waals surface area (Å²) in [7, 11) is -5.37. The van der Waals surface area contributed by atoms with Gasteiger partial charge in [-0.05, 0) is 112 Å². The van der Waals surface area contributed by atoms with E-state index in [9.17, 15) is 48.4 Å². The number of nitrogens with zero attached hydrogens (tertiary/aromatic N) is 9. The molecule has 0 saturated carbocycles. The van der Waals surface area contributed by atoms with E-state index in [2.05, 4.69) is 34.6 Å². The summed E-state index contributed by atoms with van der Waals surface area (Å²) in [6.07, 6.45) is -9.08. The number of nitriles is 1. The van der Waals surface area contributed by atoms with E-state index in [0.29, 0.717) is 51.9 Å². The lowest BCUT2D eigenvalue weighted by molar-refractivity contribution is -0.138. The fourth-order valence-electron chi connectivity index (χ4n) is 8.25. The molecule has 2 aromatic heterocycles. The van der Waals surface area contributed by atoms with Crippen molar-refractivity contribution in [2.75, 3.05) is 58.9 Å². The second kappa shape index (κ2) is 26.0. The van der Waals surface area contributed by atoms with Gasteiger partial charge in [-0.2, -0.15) is 60.2 Å². The van der Waals surface area contributed by atoms with Crippen LogP contribution in [0.15, 0.2) is 136 Å². The van der Waals surface area contributed by atoms with E-state index >= 15 is 0 Å². The quantitative estimate of drug-likeness (QED) is 0.0729.